The van der Waals surface area contributed by atoms with E-state index in [0.717, 1.165) is 38.8 Å². The van der Waals surface area contributed by atoms with Crippen LogP contribution < -0.4 is 9.47 Å². The molecule has 0 amide bonds. The zero-order chi connectivity index (χ0) is 24.1. The predicted octanol–water partition coefficient (Wildman–Crippen LogP) is 4.56. The quantitative estimate of drug-likeness (QED) is 0.543. The normalized spacial score (nSPS) is 19.4. The lowest BCUT2D eigenvalue weighted by atomic mass is 10.00. The topological polar surface area (TPSA) is 59.1 Å². The van der Waals surface area contributed by atoms with Gasteiger partial charge in [0.25, 0.3) is 0 Å². The molecule has 2 aliphatic rings. The third-order valence-electron chi connectivity index (χ3n) is 6.59. The van der Waals surface area contributed by atoms with Crippen LogP contribution in [0.3, 0.4) is 0 Å². The first-order chi connectivity index (χ1) is 16.3. The minimum atomic E-state index is -3.51. The summed E-state index contributed by atoms with van der Waals surface area (Å²) in [6, 6.07) is 13.6. The summed E-state index contributed by atoms with van der Waals surface area (Å²) in [6.45, 7) is 7.55. The summed E-state index contributed by atoms with van der Waals surface area (Å²) in [6.07, 6.45) is 3.33. The Morgan fingerprint density at radius 3 is 2.21 bits per heavy atom. The first-order valence-electron chi connectivity index (χ1n) is 12.2. The second-order valence-electron chi connectivity index (χ2n) is 9.60. The molecule has 2 heterocycles. The fourth-order valence-electron chi connectivity index (χ4n) is 4.65. The number of rotatable bonds is 8. The van der Waals surface area contributed by atoms with Gasteiger partial charge in [-0.1, -0.05) is 26.0 Å². The van der Waals surface area contributed by atoms with E-state index in [1.165, 1.54) is 6.07 Å². The molecule has 0 spiro atoms. The van der Waals surface area contributed by atoms with Gasteiger partial charge in [0.1, 0.15) is 11.9 Å². The summed E-state index contributed by atoms with van der Waals surface area (Å²) in [5.74, 6) is 1.10. The maximum absolute atomic E-state index is 13.9. The number of sulfonamides is 1. The Bertz CT molecular complexity index is 1030. The minimum absolute atomic E-state index is 0.0149. The lowest BCUT2D eigenvalue weighted by Crippen LogP contribution is -2.50. The van der Waals surface area contributed by atoms with E-state index in [9.17, 15) is 12.8 Å². The average Bonchev–Trinajstić information content (AvgIpc) is 2.85. The molecular weight excluding hydrogens is 455 g/mol. The van der Waals surface area contributed by atoms with Crippen molar-refractivity contribution < 1.29 is 22.3 Å². The van der Waals surface area contributed by atoms with E-state index in [4.69, 9.17) is 9.47 Å². The lowest BCUT2D eigenvalue weighted by molar-refractivity contribution is 0.0568. The Labute approximate surface area is 202 Å². The Morgan fingerprint density at radius 2 is 1.59 bits per heavy atom. The highest BCUT2D eigenvalue weighted by molar-refractivity contribution is 7.89. The van der Waals surface area contributed by atoms with E-state index in [-0.39, 0.29) is 11.9 Å². The predicted molar refractivity (Wildman–Crippen MR) is 130 cm³/mol. The van der Waals surface area contributed by atoms with Gasteiger partial charge in [0.15, 0.2) is 11.6 Å². The molecule has 4 rings (SSSR count). The maximum atomic E-state index is 13.9. The fourth-order valence-corrected chi connectivity index (χ4v) is 6.12. The molecule has 186 valence electrons. The number of nitrogens with zero attached hydrogens (tertiary/aromatic N) is 2. The first kappa shape index (κ1) is 24.9. The van der Waals surface area contributed by atoms with Crippen LogP contribution in [0.2, 0.25) is 0 Å². The molecule has 34 heavy (non-hydrogen) atoms. The second-order valence-corrected chi connectivity index (χ2v) is 11.5. The number of hydrogen-bond donors (Lipinski definition) is 0. The van der Waals surface area contributed by atoms with E-state index >= 15 is 0 Å². The van der Waals surface area contributed by atoms with Crippen molar-refractivity contribution >= 4 is 10.0 Å². The third kappa shape index (κ3) is 6.09. The molecule has 2 saturated heterocycles. The number of ether oxygens (including phenoxy) is 2. The van der Waals surface area contributed by atoms with Crippen LogP contribution in [-0.4, -0.2) is 62.6 Å². The van der Waals surface area contributed by atoms with Crippen LogP contribution in [0.1, 0.15) is 39.5 Å². The second kappa shape index (κ2) is 11.1. The van der Waals surface area contributed by atoms with Gasteiger partial charge in [0, 0.05) is 32.2 Å². The van der Waals surface area contributed by atoms with Crippen LogP contribution in [0.25, 0.3) is 0 Å². The fraction of sp³-hybridized carbons (Fsp3) is 0.538. The largest absolute Gasteiger partial charge is 0.493 e. The molecule has 2 fully saturated rings. The zero-order valence-corrected chi connectivity index (χ0v) is 20.8. The van der Waals surface area contributed by atoms with Gasteiger partial charge in [0.05, 0.1) is 11.5 Å². The van der Waals surface area contributed by atoms with Crippen molar-refractivity contribution in [3.05, 3.63) is 54.3 Å². The molecule has 8 heteroatoms. The number of halogens is 1. The summed E-state index contributed by atoms with van der Waals surface area (Å²) < 4.78 is 53.2. The highest BCUT2D eigenvalue weighted by atomic mass is 32.2. The van der Waals surface area contributed by atoms with Crippen molar-refractivity contribution in [1.29, 1.82) is 0 Å². The SMILES string of the molecule is CC(C)COc1ccc(S(=O)(=O)N2CCC(N3CCC(Oc4ccccc4F)CC3)CC2)cc1. The zero-order valence-electron chi connectivity index (χ0n) is 20.0. The Balaban J connectivity index is 1.26. The van der Waals surface area contributed by atoms with Gasteiger partial charge in [-0.15, -0.1) is 0 Å². The van der Waals surface area contributed by atoms with Gasteiger partial charge in [-0.25, -0.2) is 12.8 Å². The van der Waals surface area contributed by atoms with Crippen LogP contribution in [-0.2, 0) is 10.0 Å². The molecule has 0 saturated carbocycles. The summed E-state index contributed by atoms with van der Waals surface area (Å²) in [4.78, 5) is 2.75. The molecule has 2 aliphatic heterocycles. The van der Waals surface area contributed by atoms with E-state index in [2.05, 4.69) is 18.7 Å². The lowest BCUT2D eigenvalue weighted by Gasteiger charge is -2.41. The van der Waals surface area contributed by atoms with Gasteiger partial charge >= 0.3 is 0 Å². The van der Waals surface area contributed by atoms with Crippen LogP contribution >= 0.6 is 0 Å². The van der Waals surface area contributed by atoms with E-state index in [1.54, 1.807) is 46.8 Å². The van der Waals surface area contributed by atoms with Gasteiger partial charge in [-0.3, -0.25) is 0 Å². The van der Waals surface area contributed by atoms with E-state index in [1.807, 2.05) is 0 Å². The molecule has 0 radical (unpaired) electrons. The summed E-state index contributed by atoms with van der Waals surface area (Å²) in [5, 5.41) is 0. The average molecular weight is 491 g/mol. The standard InChI is InChI=1S/C26H35FN2O4S/c1-20(2)19-32-22-7-9-24(10-8-22)34(30,31)29-17-11-21(12-18-29)28-15-13-23(14-16-28)33-26-6-4-3-5-25(26)27/h3-10,20-21,23H,11-19H2,1-2H3. The molecule has 0 atom stereocenters. The van der Waals surface area contributed by atoms with Crippen molar-refractivity contribution in [2.24, 2.45) is 5.92 Å². The van der Waals surface area contributed by atoms with Crippen LogP contribution in [0, 0.1) is 11.7 Å². The Hall–Kier alpha value is -2.16. The molecular formula is C26H35FN2O4S. The van der Waals surface area contributed by atoms with E-state index < -0.39 is 10.0 Å². The minimum Gasteiger partial charge on any atom is -0.493 e. The number of likely N-dealkylation sites (tertiary alicyclic amines) is 1. The first-order valence-corrected chi connectivity index (χ1v) is 13.6. The van der Waals surface area contributed by atoms with Crippen molar-refractivity contribution in [1.82, 2.24) is 9.21 Å². The monoisotopic (exact) mass is 490 g/mol. The number of piperidine rings is 2. The smallest absolute Gasteiger partial charge is 0.243 e. The van der Waals surface area contributed by atoms with Crippen LogP contribution in [0.4, 0.5) is 4.39 Å². The number of hydrogen-bond acceptors (Lipinski definition) is 5. The van der Waals surface area contributed by atoms with Crippen molar-refractivity contribution in [2.75, 3.05) is 32.8 Å². The van der Waals surface area contributed by atoms with Gasteiger partial charge in [-0.05, 0) is 68.0 Å². The Morgan fingerprint density at radius 1 is 0.941 bits per heavy atom. The molecule has 0 bridgehead atoms. The van der Waals surface area contributed by atoms with Crippen molar-refractivity contribution in [3.8, 4) is 11.5 Å². The highest BCUT2D eigenvalue weighted by Gasteiger charge is 2.33. The van der Waals surface area contributed by atoms with Gasteiger partial charge in [-0.2, -0.15) is 4.31 Å². The molecule has 6 nitrogen and oxygen atoms in total. The summed E-state index contributed by atoms with van der Waals surface area (Å²) >= 11 is 0. The Kier molecular flexibility index (Phi) is 8.11. The number of benzene rings is 2. The van der Waals surface area contributed by atoms with Gasteiger partial charge in [0.2, 0.25) is 10.0 Å². The molecule has 2 aromatic carbocycles. The number of para-hydroxylation sites is 1. The molecule has 0 N–H and O–H groups in total. The summed E-state index contributed by atoms with van der Waals surface area (Å²) in [7, 11) is -3.51. The van der Waals surface area contributed by atoms with Crippen molar-refractivity contribution in [3.63, 3.8) is 0 Å². The van der Waals surface area contributed by atoms with Crippen LogP contribution in [0.15, 0.2) is 53.4 Å². The third-order valence-corrected chi connectivity index (χ3v) is 8.50. The molecule has 0 aromatic heterocycles. The van der Waals surface area contributed by atoms with E-state index in [0.29, 0.717) is 48.1 Å². The van der Waals surface area contributed by atoms with Crippen molar-refractivity contribution in [2.45, 2.75) is 56.6 Å². The molecule has 2 aromatic rings. The highest BCUT2D eigenvalue weighted by Crippen LogP contribution is 2.28. The summed E-state index contributed by atoms with van der Waals surface area (Å²) in [5.41, 5.74) is 0. The van der Waals surface area contributed by atoms with Crippen LogP contribution in [0.5, 0.6) is 11.5 Å². The molecule has 0 aliphatic carbocycles. The van der Waals surface area contributed by atoms with Gasteiger partial charge < -0.3 is 14.4 Å². The molecule has 0 unspecified atom stereocenters. The maximum Gasteiger partial charge on any atom is 0.243 e.